The number of ketones is 1. The van der Waals surface area contributed by atoms with Crippen molar-refractivity contribution in [1.29, 1.82) is 0 Å². The second kappa shape index (κ2) is 5.92. The molecule has 1 atom stereocenters. The molecule has 1 aromatic rings. The minimum Gasteiger partial charge on any atom is -0.480 e. The molecule has 7 nitrogen and oxygen atoms in total. The van der Waals surface area contributed by atoms with Gasteiger partial charge in [0, 0.05) is 12.1 Å². The zero-order chi connectivity index (χ0) is 15.6. The van der Waals surface area contributed by atoms with E-state index in [4.69, 9.17) is 9.84 Å². The first-order valence-electron chi connectivity index (χ1n) is 6.27. The summed E-state index contributed by atoms with van der Waals surface area (Å²) < 4.78 is 31.0. The van der Waals surface area contributed by atoms with Gasteiger partial charge in [-0.05, 0) is 19.1 Å². The van der Waals surface area contributed by atoms with Gasteiger partial charge in [-0.2, -0.15) is 4.31 Å². The molecule has 1 fully saturated rings. The Labute approximate surface area is 122 Å². The number of rotatable bonds is 4. The van der Waals surface area contributed by atoms with Crippen molar-refractivity contribution in [2.45, 2.75) is 17.9 Å². The number of Topliss-reactive ketones (excluding diaryl/α,β-unsaturated/α-hetero) is 1. The summed E-state index contributed by atoms with van der Waals surface area (Å²) in [6, 6.07) is 4.19. The number of hydrogen-bond acceptors (Lipinski definition) is 5. The Morgan fingerprint density at radius 2 is 1.90 bits per heavy atom. The molecule has 8 heteroatoms. The topological polar surface area (TPSA) is 101 Å². The summed E-state index contributed by atoms with van der Waals surface area (Å²) in [6.45, 7) is 1.33. The first-order valence-corrected chi connectivity index (χ1v) is 7.71. The van der Waals surface area contributed by atoms with Crippen molar-refractivity contribution in [2.75, 3.05) is 19.8 Å². The van der Waals surface area contributed by atoms with Crippen LogP contribution in [0, 0.1) is 0 Å². The van der Waals surface area contributed by atoms with Crippen LogP contribution in [-0.2, 0) is 19.6 Å². The Bertz CT molecular complexity index is 652. The van der Waals surface area contributed by atoms with Gasteiger partial charge in [-0.15, -0.1) is 0 Å². The predicted octanol–water partition coefficient (Wildman–Crippen LogP) is 0.363. The van der Waals surface area contributed by atoms with Gasteiger partial charge in [-0.25, -0.2) is 8.42 Å². The number of nitrogens with zero attached hydrogens (tertiary/aromatic N) is 1. The van der Waals surface area contributed by atoms with E-state index in [2.05, 4.69) is 0 Å². The number of aliphatic carboxylic acids is 1. The van der Waals surface area contributed by atoms with Gasteiger partial charge in [-0.1, -0.05) is 12.1 Å². The van der Waals surface area contributed by atoms with Crippen LogP contribution >= 0.6 is 0 Å². The third-order valence-corrected chi connectivity index (χ3v) is 5.15. The molecule has 0 aromatic heterocycles. The zero-order valence-electron chi connectivity index (χ0n) is 11.4. The smallest absolute Gasteiger partial charge is 0.324 e. The van der Waals surface area contributed by atoms with Gasteiger partial charge in [0.1, 0.15) is 6.04 Å². The highest BCUT2D eigenvalue weighted by Crippen LogP contribution is 2.21. The van der Waals surface area contributed by atoms with E-state index in [9.17, 15) is 18.0 Å². The van der Waals surface area contributed by atoms with Crippen molar-refractivity contribution >= 4 is 21.8 Å². The maximum Gasteiger partial charge on any atom is 0.324 e. The average Bonchev–Trinajstić information content (AvgIpc) is 2.47. The second-order valence-corrected chi connectivity index (χ2v) is 6.52. The maximum atomic E-state index is 12.5. The maximum absolute atomic E-state index is 12.5. The summed E-state index contributed by atoms with van der Waals surface area (Å²) in [7, 11) is -3.94. The van der Waals surface area contributed by atoms with E-state index < -0.39 is 22.0 Å². The number of carbonyl (C=O) groups is 2. The van der Waals surface area contributed by atoms with E-state index in [1.54, 1.807) is 0 Å². The minimum absolute atomic E-state index is 0.0201. The van der Waals surface area contributed by atoms with Gasteiger partial charge in [0.25, 0.3) is 0 Å². The molecule has 0 amide bonds. The van der Waals surface area contributed by atoms with Gasteiger partial charge in [0.2, 0.25) is 10.0 Å². The predicted molar refractivity (Wildman–Crippen MR) is 72.6 cm³/mol. The summed E-state index contributed by atoms with van der Waals surface area (Å²) in [5, 5.41) is 9.11. The third kappa shape index (κ3) is 3.12. The van der Waals surface area contributed by atoms with Crippen molar-refractivity contribution < 1.29 is 27.9 Å². The molecule has 1 saturated heterocycles. The summed E-state index contributed by atoms with van der Waals surface area (Å²) in [5.41, 5.74) is 0.394. The lowest BCUT2D eigenvalue weighted by Crippen LogP contribution is -2.52. The summed E-state index contributed by atoms with van der Waals surface area (Å²) >= 11 is 0. The van der Waals surface area contributed by atoms with Crippen LogP contribution in [-0.4, -0.2) is 55.4 Å². The molecule has 1 aliphatic rings. The van der Waals surface area contributed by atoms with Crippen LogP contribution in [0.15, 0.2) is 29.2 Å². The van der Waals surface area contributed by atoms with E-state index in [0.29, 0.717) is 5.56 Å². The lowest BCUT2D eigenvalue weighted by atomic mass is 10.2. The quantitative estimate of drug-likeness (QED) is 0.806. The van der Waals surface area contributed by atoms with Crippen LogP contribution in [0.1, 0.15) is 17.3 Å². The monoisotopic (exact) mass is 313 g/mol. The summed E-state index contributed by atoms with van der Waals surface area (Å²) in [6.07, 6.45) is 0. The van der Waals surface area contributed by atoms with Crippen LogP contribution in [0.25, 0.3) is 0 Å². The normalized spacial score (nSPS) is 20.1. The van der Waals surface area contributed by atoms with E-state index in [0.717, 1.165) is 4.31 Å². The number of benzene rings is 1. The molecule has 0 spiro atoms. The summed E-state index contributed by atoms with van der Waals surface area (Å²) in [4.78, 5) is 22.3. The molecule has 0 bridgehead atoms. The fraction of sp³-hybridized carbons (Fsp3) is 0.385. The van der Waals surface area contributed by atoms with Crippen molar-refractivity contribution in [3.05, 3.63) is 29.8 Å². The second-order valence-electron chi connectivity index (χ2n) is 4.63. The highest BCUT2D eigenvalue weighted by molar-refractivity contribution is 7.89. The van der Waals surface area contributed by atoms with E-state index in [1.807, 2.05) is 0 Å². The molecular formula is C13H15NO6S. The average molecular weight is 313 g/mol. The first kappa shape index (κ1) is 15.6. The molecule has 0 radical (unpaired) electrons. The lowest BCUT2D eigenvalue weighted by molar-refractivity contribution is -0.146. The van der Waals surface area contributed by atoms with Crippen molar-refractivity contribution in [2.24, 2.45) is 0 Å². The highest BCUT2D eigenvalue weighted by Gasteiger charge is 2.38. The van der Waals surface area contributed by atoms with E-state index in [-0.39, 0.29) is 30.4 Å². The van der Waals surface area contributed by atoms with Crippen LogP contribution in [0.2, 0.25) is 0 Å². The Balaban J connectivity index is 2.35. The fourth-order valence-corrected chi connectivity index (χ4v) is 3.62. The molecule has 114 valence electrons. The molecule has 1 aromatic carbocycles. The minimum atomic E-state index is -3.94. The Morgan fingerprint density at radius 3 is 2.43 bits per heavy atom. The van der Waals surface area contributed by atoms with Crippen LogP contribution in [0.5, 0.6) is 0 Å². The molecule has 1 N–H and O–H groups in total. The van der Waals surface area contributed by atoms with Gasteiger partial charge >= 0.3 is 5.97 Å². The standard InChI is InChI=1S/C13H15NO6S/c1-9(15)10-2-4-11(5-3-10)21(18,19)14-6-7-20-8-12(14)13(16)17/h2-5,12H,6-8H2,1H3,(H,16,17). The van der Waals surface area contributed by atoms with Crippen molar-refractivity contribution in [3.63, 3.8) is 0 Å². The number of sulfonamides is 1. The van der Waals surface area contributed by atoms with Crippen LogP contribution in [0.3, 0.4) is 0 Å². The fourth-order valence-electron chi connectivity index (χ4n) is 2.07. The van der Waals surface area contributed by atoms with Gasteiger partial charge < -0.3 is 9.84 Å². The first-order chi connectivity index (χ1) is 9.84. The molecule has 1 aliphatic heterocycles. The lowest BCUT2D eigenvalue weighted by Gasteiger charge is -2.31. The van der Waals surface area contributed by atoms with Crippen molar-refractivity contribution in [3.8, 4) is 0 Å². The number of carboxylic acid groups (broad SMARTS) is 1. The van der Waals surface area contributed by atoms with E-state index in [1.165, 1.54) is 31.2 Å². The Kier molecular flexibility index (Phi) is 4.40. The summed E-state index contributed by atoms with van der Waals surface area (Å²) in [5.74, 6) is -1.42. The van der Waals surface area contributed by atoms with Crippen LogP contribution in [0.4, 0.5) is 0 Å². The SMILES string of the molecule is CC(=O)c1ccc(S(=O)(=O)N2CCOCC2C(=O)O)cc1. The molecule has 2 rings (SSSR count). The number of hydrogen-bond donors (Lipinski definition) is 1. The highest BCUT2D eigenvalue weighted by atomic mass is 32.2. The van der Waals surface area contributed by atoms with Gasteiger partial charge in [0.05, 0.1) is 18.1 Å². The molecule has 1 heterocycles. The van der Waals surface area contributed by atoms with Gasteiger partial charge in [-0.3, -0.25) is 9.59 Å². The van der Waals surface area contributed by atoms with E-state index >= 15 is 0 Å². The Hall–Kier alpha value is -1.77. The molecule has 1 unspecified atom stereocenters. The van der Waals surface area contributed by atoms with Crippen molar-refractivity contribution in [1.82, 2.24) is 4.31 Å². The third-order valence-electron chi connectivity index (χ3n) is 3.23. The number of carboxylic acids is 1. The molecular weight excluding hydrogens is 298 g/mol. The molecule has 0 saturated carbocycles. The largest absolute Gasteiger partial charge is 0.480 e. The zero-order valence-corrected chi connectivity index (χ0v) is 12.2. The number of morpholine rings is 1. The van der Waals surface area contributed by atoms with Crippen LogP contribution < -0.4 is 0 Å². The molecule has 0 aliphatic carbocycles. The Morgan fingerprint density at radius 1 is 1.29 bits per heavy atom. The number of ether oxygens (including phenoxy) is 1. The molecule has 21 heavy (non-hydrogen) atoms. The van der Waals surface area contributed by atoms with Gasteiger partial charge in [0.15, 0.2) is 5.78 Å². The number of carbonyl (C=O) groups excluding carboxylic acids is 1.